The van der Waals surface area contributed by atoms with Crippen molar-refractivity contribution in [3.05, 3.63) is 29.8 Å². The minimum Gasteiger partial charge on any atom is -0.299 e. The van der Waals surface area contributed by atoms with Gasteiger partial charge in [0, 0.05) is 0 Å². The molecule has 1 heterocycles. The van der Waals surface area contributed by atoms with Crippen molar-refractivity contribution in [3.8, 4) is 0 Å². The smallest absolute Gasteiger partial charge is 0.299 e. The fraction of sp³-hybridized carbons (Fsp3) is 0.462. The molecule has 1 aliphatic heterocycles. The van der Waals surface area contributed by atoms with E-state index < -0.39 is 10.1 Å². The molecule has 0 amide bonds. The third-order valence-electron chi connectivity index (χ3n) is 3.32. The molecule has 0 aromatic heterocycles. The first-order valence-electron chi connectivity index (χ1n) is 6.20. The standard InChI is InChI=1S/C13H18NO4S/c1-11-3-5-13(6-4-11)19(16,17)18-14(2)9-7-12(15)8-10-14/h3-6H,7-10H2,1-2H3/q+1. The van der Waals surface area contributed by atoms with Crippen LogP contribution in [0.1, 0.15) is 18.4 Å². The second-order valence-corrected chi connectivity index (χ2v) is 6.65. The van der Waals surface area contributed by atoms with E-state index in [1.807, 2.05) is 6.92 Å². The van der Waals surface area contributed by atoms with Gasteiger partial charge in [0.15, 0.2) is 0 Å². The summed E-state index contributed by atoms with van der Waals surface area (Å²) in [6.07, 6.45) is 0.722. The Labute approximate surface area is 113 Å². The zero-order valence-electron chi connectivity index (χ0n) is 11.1. The Bertz CT molecular complexity index is 567. The van der Waals surface area contributed by atoms with Crippen molar-refractivity contribution in [2.75, 3.05) is 20.1 Å². The van der Waals surface area contributed by atoms with Gasteiger partial charge in [-0.1, -0.05) is 22.0 Å². The summed E-state index contributed by atoms with van der Waals surface area (Å²) in [4.78, 5) is 11.4. The van der Waals surface area contributed by atoms with Crippen molar-refractivity contribution in [2.45, 2.75) is 24.7 Å². The highest BCUT2D eigenvalue weighted by Gasteiger charge is 2.36. The molecule has 0 saturated carbocycles. The molecule has 0 radical (unpaired) electrons. The molecular formula is C13H18NO4S+. The highest BCUT2D eigenvalue weighted by Crippen LogP contribution is 2.22. The fourth-order valence-electron chi connectivity index (χ4n) is 2.02. The molecule has 1 saturated heterocycles. The van der Waals surface area contributed by atoms with Crippen molar-refractivity contribution in [2.24, 2.45) is 0 Å². The highest BCUT2D eigenvalue weighted by atomic mass is 32.2. The number of aryl methyl sites for hydroxylation is 1. The SMILES string of the molecule is Cc1ccc(S(=O)(=O)O[N+]2(C)CCC(=O)CC2)cc1. The molecule has 0 N–H and O–H groups in total. The zero-order chi connectivity index (χ0) is 14.1. The van der Waals surface area contributed by atoms with Gasteiger partial charge in [-0.25, -0.2) is 0 Å². The third kappa shape index (κ3) is 3.40. The summed E-state index contributed by atoms with van der Waals surface area (Å²) >= 11 is 0. The van der Waals surface area contributed by atoms with Gasteiger partial charge in [-0.3, -0.25) is 4.79 Å². The summed E-state index contributed by atoms with van der Waals surface area (Å²) in [6.45, 7) is 2.68. The molecule has 104 valence electrons. The third-order valence-corrected chi connectivity index (χ3v) is 4.72. The second-order valence-electron chi connectivity index (χ2n) is 5.12. The lowest BCUT2D eigenvalue weighted by molar-refractivity contribution is -1.07. The summed E-state index contributed by atoms with van der Waals surface area (Å²) in [7, 11) is -2.10. The molecule has 6 heteroatoms. The fourth-order valence-corrected chi connectivity index (χ4v) is 3.20. The van der Waals surface area contributed by atoms with E-state index in [1.165, 1.54) is 12.1 Å². The summed E-state index contributed by atoms with van der Waals surface area (Å²) in [6, 6.07) is 6.53. The first kappa shape index (κ1) is 14.2. The molecule has 1 aliphatic rings. The maximum atomic E-state index is 12.2. The number of quaternary nitrogens is 1. The average molecular weight is 284 g/mol. The van der Waals surface area contributed by atoms with Crippen molar-refractivity contribution in [3.63, 3.8) is 0 Å². The van der Waals surface area contributed by atoms with Crippen molar-refractivity contribution in [1.29, 1.82) is 0 Å². The number of carbonyl (C=O) groups is 1. The molecule has 2 rings (SSSR count). The van der Waals surface area contributed by atoms with Crippen LogP contribution in [0.25, 0.3) is 0 Å². The highest BCUT2D eigenvalue weighted by molar-refractivity contribution is 7.86. The van der Waals surface area contributed by atoms with E-state index in [9.17, 15) is 13.2 Å². The maximum Gasteiger partial charge on any atom is 0.342 e. The molecule has 0 bridgehead atoms. The molecule has 1 fully saturated rings. The number of ketones is 1. The van der Waals surface area contributed by atoms with E-state index in [0.717, 1.165) is 5.56 Å². The van der Waals surface area contributed by atoms with Crippen LogP contribution < -0.4 is 0 Å². The molecule has 0 atom stereocenters. The monoisotopic (exact) mass is 284 g/mol. The van der Waals surface area contributed by atoms with Gasteiger partial charge in [0.2, 0.25) is 0 Å². The average Bonchev–Trinajstić information content (AvgIpc) is 2.33. The predicted octanol–water partition coefficient (Wildman–Crippen LogP) is 1.42. The van der Waals surface area contributed by atoms with Crippen molar-refractivity contribution < 1.29 is 22.1 Å². The largest absolute Gasteiger partial charge is 0.342 e. The minimum absolute atomic E-state index is 0.0675. The lowest BCUT2D eigenvalue weighted by Gasteiger charge is -2.32. The van der Waals surface area contributed by atoms with Crippen LogP contribution in [0.2, 0.25) is 0 Å². The number of hydrogen-bond acceptors (Lipinski definition) is 4. The number of nitrogens with zero attached hydrogens (tertiary/aromatic N) is 1. The van der Waals surface area contributed by atoms with E-state index in [0.29, 0.717) is 25.9 Å². The minimum atomic E-state index is -3.79. The van der Waals surface area contributed by atoms with Crippen molar-refractivity contribution >= 4 is 15.9 Å². The Balaban J connectivity index is 2.17. The molecule has 1 aromatic carbocycles. The number of rotatable bonds is 3. The van der Waals surface area contributed by atoms with E-state index in [-0.39, 0.29) is 15.3 Å². The van der Waals surface area contributed by atoms with E-state index in [4.69, 9.17) is 4.28 Å². The number of likely N-dealkylation sites (tertiary alicyclic amines) is 1. The summed E-state index contributed by atoms with van der Waals surface area (Å²) in [5.74, 6) is 0.159. The summed E-state index contributed by atoms with van der Waals surface area (Å²) in [5.41, 5.74) is 0.989. The molecule has 1 aromatic rings. The van der Waals surface area contributed by atoms with E-state index in [2.05, 4.69) is 0 Å². The number of hydrogen-bond donors (Lipinski definition) is 0. The molecule has 19 heavy (non-hydrogen) atoms. The Morgan fingerprint density at radius 1 is 1.11 bits per heavy atom. The summed E-state index contributed by atoms with van der Waals surface area (Å²) < 4.78 is 29.6. The van der Waals surface area contributed by atoms with Crippen LogP contribution in [0.5, 0.6) is 0 Å². The van der Waals surface area contributed by atoms with Gasteiger partial charge in [-0.05, 0) is 19.1 Å². The van der Waals surface area contributed by atoms with Crippen molar-refractivity contribution in [1.82, 2.24) is 0 Å². The number of benzene rings is 1. The van der Waals surface area contributed by atoms with Crippen LogP contribution >= 0.6 is 0 Å². The zero-order valence-corrected chi connectivity index (χ0v) is 11.9. The van der Waals surface area contributed by atoms with Gasteiger partial charge >= 0.3 is 10.1 Å². The van der Waals surface area contributed by atoms with Crippen LogP contribution in [0.15, 0.2) is 29.2 Å². The van der Waals surface area contributed by atoms with Gasteiger partial charge in [0.05, 0.1) is 17.7 Å². The van der Waals surface area contributed by atoms with Crippen LogP contribution in [0, 0.1) is 6.92 Å². The topological polar surface area (TPSA) is 60.4 Å². The van der Waals surface area contributed by atoms with Crippen LogP contribution in [-0.2, 0) is 19.2 Å². The van der Waals surface area contributed by atoms with Gasteiger partial charge < -0.3 is 0 Å². The molecule has 0 spiro atoms. The van der Waals surface area contributed by atoms with Crippen LogP contribution in [-0.4, -0.2) is 39.0 Å². The first-order chi connectivity index (χ1) is 8.81. The van der Waals surface area contributed by atoms with E-state index >= 15 is 0 Å². The molecular weight excluding hydrogens is 266 g/mol. The van der Waals surface area contributed by atoms with Gasteiger partial charge in [-0.15, -0.1) is 0 Å². The lowest BCUT2D eigenvalue weighted by Crippen LogP contribution is -2.50. The molecule has 0 unspecified atom stereocenters. The number of Topliss-reactive ketones (excluding diaryl/α,β-unsaturated/α-hetero) is 1. The Morgan fingerprint density at radius 2 is 1.63 bits per heavy atom. The molecule has 0 aliphatic carbocycles. The second kappa shape index (κ2) is 5.03. The Kier molecular flexibility index (Phi) is 3.75. The normalized spacial score (nSPS) is 19.4. The number of hydroxylamine groups is 3. The van der Waals surface area contributed by atoms with Gasteiger partial charge in [-0.2, -0.15) is 13.1 Å². The van der Waals surface area contributed by atoms with E-state index in [1.54, 1.807) is 19.2 Å². The quantitative estimate of drug-likeness (QED) is 0.788. The molecule has 5 nitrogen and oxygen atoms in total. The Hall–Kier alpha value is -1.24. The van der Waals surface area contributed by atoms with Gasteiger partial charge in [0.25, 0.3) is 0 Å². The Morgan fingerprint density at radius 3 is 2.16 bits per heavy atom. The number of carbonyl (C=O) groups excluding carboxylic acids is 1. The first-order valence-corrected chi connectivity index (χ1v) is 7.61. The summed E-state index contributed by atoms with van der Waals surface area (Å²) in [5, 5.41) is 0. The predicted molar refractivity (Wildman–Crippen MR) is 69.6 cm³/mol. The number of piperidine rings is 1. The maximum absolute atomic E-state index is 12.2. The van der Waals surface area contributed by atoms with Crippen LogP contribution in [0.3, 0.4) is 0 Å². The lowest BCUT2D eigenvalue weighted by atomic mass is 10.1. The van der Waals surface area contributed by atoms with Crippen LogP contribution in [0.4, 0.5) is 0 Å². The van der Waals surface area contributed by atoms with Gasteiger partial charge in [0.1, 0.15) is 25.9 Å².